The lowest BCUT2D eigenvalue weighted by atomic mass is 9.90. The van der Waals surface area contributed by atoms with Gasteiger partial charge in [-0.15, -0.1) is 0 Å². The molecule has 0 saturated carbocycles. The number of aldehydes is 1. The Hall–Kier alpha value is -2.61. The van der Waals surface area contributed by atoms with Crippen LogP contribution in [0.25, 0.3) is 10.8 Å². The normalized spacial score (nSPS) is 12.8. The Kier molecular flexibility index (Phi) is 5.13. The highest BCUT2D eigenvalue weighted by Crippen LogP contribution is 2.34. The minimum absolute atomic E-state index is 0.515. The van der Waals surface area contributed by atoms with E-state index in [0.29, 0.717) is 11.5 Å². The fourth-order valence-corrected chi connectivity index (χ4v) is 3.40. The molecule has 0 radical (unpaired) electrons. The lowest BCUT2D eigenvalue weighted by molar-refractivity contribution is 0.109. The molecule has 0 amide bonds. The third kappa shape index (κ3) is 3.50. The summed E-state index contributed by atoms with van der Waals surface area (Å²) in [5, 5.41) is 2.02. The topological polar surface area (TPSA) is 26.3 Å². The van der Waals surface area contributed by atoms with Gasteiger partial charge < -0.3 is 4.74 Å². The van der Waals surface area contributed by atoms with Crippen molar-refractivity contribution in [3.63, 3.8) is 0 Å². The smallest absolute Gasteiger partial charge is 0.150 e. The maximum atomic E-state index is 11.4. The maximum absolute atomic E-state index is 11.4. The van der Waals surface area contributed by atoms with Gasteiger partial charge in [0.15, 0.2) is 6.29 Å². The van der Waals surface area contributed by atoms with Crippen molar-refractivity contribution >= 4 is 17.1 Å². The van der Waals surface area contributed by atoms with E-state index in [4.69, 9.17) is 4.74 Å². The third-order valence-electron chi connectivity index (χ3n) is 5.17. The Morgan fingerprint density at radius 1 is 0.962 bits per heavy atom. The van der Waals surface area contributed by atoms with Crippen LogP contribution in [0.4, 0.5) is 0 Å². The molecule has 3 aromatic carbocycles. The summed E-state index contributed by atoms with van der Waals surface area (Å²) in [6, 6.07) is 20.3. The Morgan fingerprint density at radius 3 is 2.23 bits per heavy atom. The van der Waals surface area contributed by atoms with E-state index in [9.17, 15) is 4.79 Å². The van der Waals surface area contributed by atoms with Crippen LogP contribution in [0.2, 0.25) is 0 Å². The number of hydrogen-bond donors (Lipinski definition) is 0. The second-order valence-electron chi connectivity index (χ2n) is 7.36. The molecule has 2 heteroatoms. The number of carbonyl (C=O) groups is 1. The van der Waals surface area contributed by atoms with E-state index in [-0.39, 0.29) is 0 Å². The van der Waals surface area contributed by atoms with E-state index in [1.807, 2.05) is 42.5 Å². The predicted octanol–water partition coefficient (Wildman–Crippen LogP) is 6.48. The summed E-state index contributed by atoms with van der Waals surface area (Å²) < 4.78 is 6.35. The molecule has 1 unspecified atom stereocenters. The van der Waals surface area contributed by atoms with Gasteiger partial charge in [-0.1, -0.05) is 62.4 Å². The van der Waals surface area contributed by atoms with Crippen molar-refractivity contribution < 1.29 is 9.53 Å². The molecular weight excluding hydrogens is 320 g/mol. The molecule has 0 saturated heterocycles. The van der Waals surface area contributed by atoms with Gasteiger partial charge in [-0.05, 0) is 54.7 Å². The van der Waals surface area contributed by atoms with Gasteiger partial charge in [-0.2, -0.15) is 0 Å². The van der Waals surface area contributed by atoms with E-state index in [1.54, 1.807) is 0 Å². The van der Waals surface area contributed by atoms with Crippen LogP contribution in [0.5, 0.6) is 5.75 Å². The molecule has 3 rings (SSSR count). The maximum Gasteiger partial charge on any atom is 0.150 e. The van der Waals surface area contributed by atoms with Crippen LogP contribution in [-0.4, -0.2) is 6.29 Å². The first-order valence-electron chi connectivity index (χ1n) is 9.22. The standard InChI is InChI=1S/C24H26O2/c1-5-17(2)18-10-13-20(14-11-18)26-24(3,4)23-15-12-19(16-25)21-8-6-7-9-22(21)23/h6-17H,5H2,1-4H3. The fourth-order valence-electron chi connectivity index (χ4n) is 3.40. The monoisotopic (exact) mass is 346 g/mol. The first kappa shape index (κ1) is 18.2. The van der Waals surface area contributed by atoms with Crippen LogP contribution >= 0.6 is 0 Å². The fraction of sp³-hybridized carbons (Fsp3) is 0.292. The largest absolute Gasteiger partial charge is 0.483 e. The molecule has 26 heavy (non-hydrogen) atoms. The molecule has 0 aliphatic rings. The third-order valence-corrected chi connectivity index (χ3v) is 5.17. The van der Waals surface area contributed by atoms with Gasteiger partial charge in [0.25, 0.3) is 0 Å². The molecule has 0 N–H and O–H groups in total. The quantitative estimate of drug-likeness (QED) is 0.477. The number of benzene rings is 3. The molecule has 134 valence electrons. The average molecular weight is 346 g/mol. The number of hydrogen-bond acceptors (Lipinski definition) is 2. The first-order valence-corrected chi connectivity index (χ1v) is 9.22. The Balaban J connectivity index is 1.96. The summed E-state index contributed by atoms with van der Waals surface area (Å²) >= 11 is 0. The zero-order valence-electron chi connectivity index (χ0n) is 16.0. The highest BCUT2D eigenvalue weighted by Gasteiger charge is 2.25. The highest BCUT2D eigenvalue weighted by atomic mass is 16.5. The van der Waals surface area contributed by atoms with E-state index in [0.717, 1.165) is 34.8 Å². The summed E-state index contributed by atoms with van der Waals surface area (Å²) in [5.74, 6) is 1.41. The van der Waals surface area contributed by atoms with Crippen molar-refractivity contribution in [1.29, 1.82) is 0 Å². The van der Waals surface area contributed by atoms with Crippen molar-refractivity contribution in [3.05, 3.63) is 77.4 Å². The van der Waals surface area contributed by atoms with Gasteiger partial charge >= 0.3 is 0 Å². The minimum atomic E-state index is -0.515. The van der Waals surface area contributed by atoms with Crippen molar-refractivity contribution in [2.45, 2.75) is 45.6 Å². The van der Waals surface area contributed by atoms with Crippen molar-refractivity contribution in [2.75, 3.05) is 0 Å². The lowest BCUT2D eigenvalue weighted by Gasteiger charge is -2.29. The van der Waals surface area contributed by atoms with E-state index < -0.39 is 5.60 Å². The molecule has 2 nitrogen and oxygen atoms in total. The SMILES string of the molecule is CCC(C)c1ccc(OC(C)(C)c2ccc(C=O)c3ccccc23)cc1. The number of ether oxygens (including phenoxy) is 1. The predicted molar refractivity (Wildman–Crippen MR) is 108 cm³/mol. The van der Waals surface area contributed by atoms with Gasteiger partial charge in [0.05, 0.1) is 0 Å². The molecule has 0 spiro atoms. The van der Waals surface area contributed by atoms with Crippen LogP contribution in [0.1, 0.15) is 61.5 Å². The molecule has 0 aliphatic carbocycles. The van der Waals surface area contributed by atoms with Crippen molar-refractivity contribution in [1.82, 2.24) is 0 Å². The summed E-state index contributed by atoms with van der Waals surface area (Å²) in [7, 11) is 0. The molecule has 0 aromatic heterocycles. The molecule has 0 aliphatic heterocycles. The molecular formula is C24H26O2. The molecule has 1 atom stereocenters. The average Bonchev–Trinajstić information content (AvgIpc) is 2.66. The van der Waals surface area contributed by atoms with E-state index in [2.05, 4.69) is 45.9 Å². The van der Waals surface area contributed by atoms with Gasteiger partial charge in [-0.3, -0.25) is 4.79 Å². The Labute approximate surface area is 155 Å². The van der Waals surface area contributed by atoms with Crippen LogP contribution in [-0.2, 0) is 5.60 Å². The number of carbonyl (C=O) groups excluding carboxylic acids is 1. The van der Waals surface area contributed by atoms with Crippen LogP contribution < -0.4 is 4.74 Å². The van der Waals surface area contributed by atoms with Crippen molar-refractivity contribution in [2.24, 2.45) is 0 Å². The Morgan fingerprint density at radius 2 is 1.62 bits per heavy atom. The zero-order chi connectivity index (χ0) is 18.7. The van der Waals surface area contributed by atoms with Crippen LogP contribution in [0.3, 0.4) is 0 Å². The van der Waals surface area contributed by atoms with E-state index in [1.165, 1.54) is 5.56 Å². The summed E-state index contributed by atoms with van der Waals surface area (Å²) in [6.07, 6.45) is 2.04. The second kappa shape index (κ2) is 7.33. The van der Waals surface area contributed by atoms with Crippen LogP contribution in [0, 0.1) is 0 Å². The summed E-state index contributed by atoms with van der Waals surface area (Å²) in [5.41, 5.74) is 2.60. The van der Waals surface area contributed by atoms with E-state index >= 15 is 0 Å². The van der Waals surface area contributed by atoms with Gasteiger partial charge in [-0.25, -0.2) is 0 Å². The number of fused-ring (bicyclic) bond motifs is 1. The zero-order valence-corrected chi connectivity index (χ0v) is 16.0. The summed E-state index contributed by atoms with van der Waals surface area (Å²) in [4.78, 5) is 11.4. The molecule has 0 heterocycles. The molecule has 0 fully saturated rings. The van der Waals surface area contributed by atoms with Crippen molar-refractivity contribution in [3.8, 4) is 5.75 Å². The summed E-state index contributed by atoms with van der Waals surface area (Å²) in [6.45, 7) is 8.57. The minimum Gasteiger partial charge on any atom is -0.483 e. The Bertz CT molecular complexity index is 907. The molecule has 3 aromatic rings. The van der Waals surface area contributed by atoms with Crippen LogP contribution in [0.15, 0.2) is 60.7 Å². The highest BCUT2D eigenvalue weighted by molar-refractivity contribution is 5.99. The first-order chi connectivity index (χ1) is 12.5. The van der Waals surface area contributed by atoms with Gasteiger partial charge in [0.2, 0.25) is 0 Å². The lowest BCUT2D eigenvalue weighted by Crippen LogP contribution is -2.25. The van der Waals surface area contributed by atoms with Gasteiger partial charge in [0.1, 0.15) is 11.4 Å². The van der Waals surface area contributed by atoms with Gasteiger partial charge in [0, 0.05) is 11.1 Å². The second-order valence-corrected chi connectivity index (χ2v) is 7.36. The molecule has 0 bridgehead atoms. The number of rotatable bonds is 6.